The fraction of sp³-hybridized carbons (Fsp3) is 0.167. The summed E-state index contributed by atoms with van der Waals surface area (Å²) < 4.78 is 5.76. The Hall–Kier alpha value is -2.87. The molecule has 0 radical (unpaired) electrons. The van der Waals surface area contributed by atoms with Crippen LogP contribution < -0.4 is 15.5 Å². The molecule has 0 aliphatic heterocycles. The predicted molar refractivity (Wildman–Crippen MR) is 102 cm³/mol. The number of phenols is 1. The predicted octanol–water partition coefficient (Wildman–Crippen LogP) is 3.03. The summed E-state index contributed by atoms with van der Waals surface area (Å²) in [5, 5.41) is 16.3. The van der Waals surface area contributed by atoms with E-state index in [-0.39, 0.29) is 12.2 Å². The highest BCUT2D eigenvalue weighted by molar-refractivity contribution is 9.10. The van der Waals surface area contributed by atoms with Gasteiger partial charge in [0.15, 0.2) is 11.5 Å². The number of hydrazone groups is 1. The van der Waals surface area contributed by atoms with Crippen LogP contribution in [0.15, 0.2) is 52.0 Å². The summed E-state index contributed by atoms with van der Waals surface area (Å²) in [5.74, 6) is -0.685. The molecule has 0 spiro atoms. The van der Waals surface area contributed by atoms with Gasteiger partial charge >= 0.3 is 0 Å². The molecule has 0 heterocycles. The van der Waals surface area contributed by atoms with Gasteiger partial charge in [0.2, 0.25) is 11.8 Å². The fourth-order valence-corrected chi connectivity index (χ4v) is 2.48. The second-order valence-electron chi connectivity index (χ2n) is 5.17. The van der Waals surface area contributed by atoms with E-state index in [0.717, 1.165) is 0 Å². The number of nitrogens with zero attached hydrogens (tertiary/aromatic N) is 1. The topological polar surface area (TPSA) is 100 Å². The molecule has 2 rings (SSSR count). The van der Waals surface area contributed by atoms with Crippen molar-refractivity contribution >= 4 is 39.6 Å². The number of benzene rings is 2. The summed E-state index contributed by atoms with van der Waals surface area (Å²) in [6, 6.07) is 12.1. The maximum absolute atomic E-state index is 11.8. The van der Waals surface area contributed by atoms with Crippen LogP contribution in [0.3, 0.4) is 0 Å². The van der Waals surface area contributed by atoms with E-state index < -0.39 is 11.8 Å². The molecule has 136 valence electrons. The maximum atomic E-state index is 11.8. The molecule has 0 saturated carbocycles. The maximum Gasteiger partial charge on any atom is 0.249 e. The number of hydrogen-bond donors (Lipinski definition) is 3. The third kappa shape index (κ3) is 5.89. The number of nitrogens with one attached hydrogen (secondary N) is 2. The molecule has 3 N–H and O–H groups in total. The zero-order valence-electron chi connectivity index (χ0n) is 14.0. The lowest BCUT2D eigenvalue weighted by atomic mass is 10.2. The molecule has 0 aromatic heterocycles. The summed E-state index contributed by atoms with van der Waals surface area (Å²) in [4.78, 5) is 23.5. The van der Waals surface area contributed by atoms with Crippen LogP contribution in [0.4, 0.5) is 5.69 Å². The molecule has 0 saturated heterocycles. The number of halogens is 1. The van der Waals surface area contributed by atoms with Gasteiger partial charge in [-0.05, 0) is 52.7 Å². The van der Waals surface area contributed by atoms with Crippen molar-refractivity contribution in [2.24, 2.45) is 5.10 Å². The van der Waals surface area contributed by atoms with E-state index in [4.69, 9.17) is 4.74 Å². The minimum absolute atomic E-state index is 0.00869. The molecule has 2 amide bonds. The van der Waals surface area contributed by atoms with Gasteiger partial charge in [0.1, 0.15) is 6.42 Å². The van der Waals surface area contributed by atoms with Crippen LogP contribution in [0.1, 0.15) is 18.9 Å². The quantitative estimate of drug-likeness (QED) is 0.364. The molecule has 0 aliphatic rings. The third-order valence-electron chi connectivity index (χ3n) is 3.13. The number of carbonyl (C=O) groups excluding carboxylic acids is 2. The Morgan fingerprint density at radius 3 is 2.65 bits per heavy atom. The molecule has 0 unspecified atom stereocenters. The number of anilines is 1. The summed E-state index contributed by atoms with van der Waals surface area (Å²) in [7, 11) is 0. The van der Waals surface area contributed by atoms with Crippen LogP contribution in [-0.2, 0) is 9.59 Å². The van der Waals surface area contributed by atoms with E-state index in [1.165, 1.54) is 6.21 Å². The zero-order valence-corrected chi connectivity index (χ0v) is 15.6. The number of rotatable bonds is 7. The molecular formula is C18H18BrN3O4. The number of aromatic hydroxyl groups is 1. The van der Waals surface area contributed by atoms with E-state index in [1.54, 1.807) is 43.3 Å². The van der Waals surface area contributed by atoms with Crippen molar-refractivity contribution in [1.29, 1.82) is 0 Å². The number of phenolic OH excluding ortho intramolecular Hbond substituents is 1. The fourth-order valence-electron chi connectivity index (χ4n) is 2.02. The molecule has 2 aromatic rings. The van der Waals surface area contributed by atoms with E-state index in [0.29, 0.717) is 28.1 Å². The van der Waals surface area contributed by atoms with E-state index in [9.17, 15) is 14.7 Å². The first-order valence-corrected chi connectivity index (χ1v) is 8.61. The number of para-hydroxylation sites is 1. The molecule has 26 heavy (non-hydrogen) atoms. The first-order valence-electron chi connectivity index (χ1n) is 7.81. The third-order valence-corrected chi connectivity index (χ3v) is 3.74. The molecule has 8 heteroatoms. The van der Waals surface area contributed by atoms with Crippen LogP contribution in [0.2, 0.25) is 0 Å². The Labute approximate surface area is 159 Å². The highest BCUT2D eigenvalue weighted by Gasteiger charge is 2.10. The van der Waals surface area contributed by atoms with Gasteiger partial charge in [-0.15, -0.1) is 0 Å². The molecule has 0 aliphatic carbocycles. The summed E-state index contributed by atoms with van der Waals surface area (Å²) in [6.45, 7) is 2.20. The number of amides is 2. The average molecular weight is 420 g/mol. The largest absolute Gasteiger partial charge is 0.503 e. The zero-order chi connectivity index (χ0) is 18.9. The molecule has 0 bridgehead atoms. The van der Waals surface area contributed by atoms with Gasteiger partial charge < -0.3 is 15.2 Å². The van der Waals surface area contributed by atoms with Crippen LogP contribution in [-0.4, -0.2) is 29.7 Å². The minimum Gasteiger partial charge on any atom is -0.503 e. The van der Waals surface area contributed by atoms with E-state index in [2.05, 4.69) is 31.8 Å². The number of carbonyl (C=O) groups is 2. The van der Waals surface area contributed by atoms with Crippen molar-refractivity contribution in [1.82, 2.24) is 5.43 Å². The Kier molecular flexibility index (Phi) is 7.16. The van der Waals surface area contributed by atoms with Crippen molar-refractivity contribution in [3.8, 4) is 11.5 Å². The first kappa shape index (κ1) is 19.5. The summed E-state index contributed by atoms with van der Waals surface area (Å²) >= 11 is 3.22. The molecule has 0 atom stereocenters. The van der Waals surface area contributed by atoms with Crippen molar-refractivity contribution in [3.63, 3.8) is 0 Å². The summed E-state index contributed by atoms with van der Waals surface area (Å²) in [5.41, 5.74) is 3.51. The van der Waals surface area contributed by atoms with E-state index in [1.807, 2.05) is 6.07 Å². The molecule has 2 aromatic carbocycles. The average Bonchev–Trinajstić information content (AvgIpc) is 2.60. The van der Waals surface area contributed by atoms with Gasteiger partial charge in [0.05, 0.1) is 17.3 Å². The van der Waals surface area contributed by atoms with Crippen LogP contribution in [0.5, 0.6) is 11.5 Å². The Morgan fingerprint density at radius 1 is 1.23 bits per heavy atom. The van der Waals surface area contributed by atoms with Crippen molar-refractivity contribution in [2.75, 3.05) is 11.9 Å². The van der Waals surface area contributed by atoms with Gasteiger partial charge in [0, 0.05) is 5.69 Å². The number of hydrogen-bond acceptors (Lipinski definition) is 5. The second-order valence-corrected chi connectivity index (χ2v) is 6.02. The minimum atomic E-state index is -0.544. The molecule has 7 nitrogen and oxygen atoms in total. The van der Waals surface area contributed by atoms with Crippen molar-refractivity contribution in [2.45, 2.75) is 13.3 Å². The van der Waals surface area contributed by atoms with Gasteiger partial charge in [-0.2, -0.15) is 5.10 Å². The normalized spacial score (nSPS) is 10.5. The lowest BCUT2D eigenvalue weighted by molar-refractivity contribution is -0.126. The first-order chi connectivity index (χ1) is 12.5. The monoisotopic (exact) mass is 419 g/mol. The Bertz CT molecular complexity index is 810. The lowest BCUT2D eigenvalue weighted by Crippen LogP contribution is -2.24. The molecular weight excluding hydrogens is 402 g/mol. The van der Waals surface area contributed by atoms with Gasteiger partial charge in [0.25, 0.3) is 0 Å². The van der Waals surface area contributed by atoms with E-state index >= 15 is 0 Å². The SMILES string of the molecule is CCOc1cc(C=NNC(=O)CC(=O)Nc2ccccc2)cc(Br)c1O. The smallest absolute Gasteiger partial charge is 0.249 e. The number of ether oxygens (including phenoxy) is 1. The van der Waals surface area contributed by atoms with Gasteiger partial charge in [-0.1, -0.05) is 18.2 Å². The summed E-state index contributed by atoms with van der Waals surface area (Å²) in [6.07, 6.45) is 1.04. The highest BCUT2D eigenvalue weighted by Crippen LogP contribution is 2.34. The van der Waals surface area contributed by atoms with Crippen molar-refractivity contribution < 1.29 is 19.4 Å². The van der Waals surface area contributed by atoms with Crippen molar-refractivity contribution in [3.05, 3.63) is 52.5 Å². The highest BCUT2D eigenvalue weighted by atomic mass is 79.9. The van der Waals surface area contributed by atoms with Crippen LogP contribution >= 0.6 is 15.9 Å². The van der Waals surface area contributed by atoms with Crippen LogP contribution in [0.25, 0.3) is 0 Å². The van der Waals surface area contributed by atoms with Crippen LogP contribution in [0, 0.1) is 0 Å². The van der Waals surface area contributed by atoms with Gasteiger partial charge in [-0.3, -0.25) is 9.59 Å². The Balaban J connectivity index is 1.89. The molecule has 0 fully saturated rings. The lowest BCUT2D eigenvalue weighted by Gasteiger charge is -2.08. The standard InChI is InChI=1S/C18H18BrN3O4/c1-2-26-15-9-12(8-14(19)18(15)25)11-20-22-17(24)10-16(23)21-13-6-4-3-5-7-13/h3-9,11,25H,2,10H2,1H3,(H,21,23)(H,22,24). The van der Waals surface area contributed by atoms with Gasteiger partial charge in [-0.25, -0.2) is 5.43 Å². The Morgan fingerprint density at radius 2 is 1.96 bits per heavy atom. The second kappa shape index (κ2) is 9.57.